The summed E-state index contributed by atoms with van der Waals surface area (Å²) >= 11 is 0. The molecule has 1 aliphatic heterocycles. The molecule has 2 unspecified atom stereocenters. The van der Waals surface area contributed by atoms with E-state index in [9.17, 15) is 0 Å². The van der Waals surface area contributed by atoms with Gasteiger partial charge in [0, 0.05) is 12.7 Å². The minimum absolute atomic E-state index is 0.462. The molecule has 0 aliphatic carbocycles. The van der Waals surface area contributed by atoms with Gasteiger partial charge in [0.1, 0.15) is 0 Å². The molecule has 1 aliphatic rings. The van der Waals surface area contributed by atoms with Crippen molar-refractivity contribution >= 4 is 9.76 Å². The highest BCUT2D eigenvalue weighted by atomic mass is 28.2. The molecule has 0 radical (unpaired) electrons. The Hall–Kier alpha value is 0.137. The summed E-state index contributed by atoms with van der Waals surface area (Å²) in [5, 5.41) is 0. The van der Waals surface area contributed by atoms with Gasteiger partial charge in [0.05, 0.1) is 5.73 Å². The lowest BCUT2D eigenvalue weighted by Crippen LogP contribution is -2.29. The van der Waals surface area contributed by atoms with E-state index in [0.29, 0.717) is 11.8 Å². The predicted molar refractivity (Wildman–Crippen MR) is 122 cm³/mol. The molecule has 3 heteroatoms. The summed E-state index contributed by atoms with van der Waals surface area (Å²) in [4.78, 5) is 0. The van der Waals surface area contributed by atoms with Crippen molar-refractivity contribution in [3.05, 3.63) is 0 Å². The van der Waals surface area contributed by atoms with Crippen LogP contribution in [-0.2, 0) is 9.16 Å². The average Bonchev–Trinajstić information content (AvgIpc) is 2.70. The second-order valence-electron chi connectivity index (χ2n) is 8.87. The Kier molecular flexibility index (Phi) is 18.1. The largest absolute Gasteiger partial charge is 0.419 e. The van der Waals surface area contributed by atoms with Gasteiger partial charge in [-0.1, -0.05) is 103 Å². The molecule has 0 amide bonds. The molecular formula is C24H50O2Si. The van der Waals surface area contributed by atoms with Crippen LogP contribution >= 0.6 is 0 Å². The van der Waals surface area contributed by atoms with E-state index >= 15 is 0 Å². The molecule has 27 heavy (non-hydrogen) atoms. The quantitative estimate of drug-likeness (QED) is 0.168. The van der Waals surface area contributed by atoms with Gasteiger partial charge in [-0.25, -0.2) is 0 Å². The topological polar surface area (TPSA) is 18.5 Å². The van der Waals surface area contributed by atoms with Crippen molar-refractivity contribution in [1.29, 1.82) is 0 Å². The summed E-state index contributed by atoms with van der Waals surface area (Å²) in [5.41, 5.74) is 0.502. The van der Waals surface area contributed by atoms with E-state index in [1.54, 1.807) is 0 Å². The highest BCUT2D eigenvalue weighted by molar-refractivity contribution is 6.29. The lowest BCUT2D eigenvalue weighted by Gasteiger charge is -2.23. The second-order valence-corrected chi connectivity index (χ2v) is 10.4. The zero-order chi connectivity index (χ0) is 19.4. The van der Waals surface area contributed by atoms with Crippen molar-refractivity contribution in [1.82, 2.24) is 0 Å². The molecule has 162 valence electrons. The molecule has 0 aromatic carbocycles. The standard InChI is InChI=1S/C24H50O2Si/c1-3-4-5-6-7-8-9-10-11-12-13-14-15-16-17-20-23(2)26-27-24-21-18-19-22-25-24/h23-24H,3-22,27H2,1-2H3. The molecule has 0 aromatic rings. The summed E-state index contributed by atoms with van der Waals surface area (Å²) in [5.74, 6) is 0. The predicted octanol–water partition coefficient (Wildman–Crippen LogP) is 7.26. The van der Waals surface area contributed by atoms with Crippen molar-refractivity contribution in [2.24, 2.45) is 0 Å². The van der Waals surface area contributed by atoms with E-state index in [4.69, 9.17) is 9.16 Å². The third-order valence-corrected chi connectivity index (χ3v) is 7.83. The lowest BCUT2D eigenvalue weighted by atomic mass is 10.0. The number of ether oxygens (including phenoxy) is 1. The van der Waals surface area contributed by atoms with Crippen LogP contribution in [0.2, 0.25) is 0 Å². The SMILES string of the molecule is CCCCCCCCCCCCCCCCCC(C)O[SiH2]C1CCCCO1. The van der Waals surface area contributed by atoms with Gasteiger partial charge < -0.3 is 9.16 Å². The smallest absolute Gasteiger partial charge is 0.190 e. The molecule has 1 rings (SSSR count). The zero-order valence-corrected chi connectivity index (χ0v) is 20.2. The molecule has 2 nitrogen and oxygen atoms in total. The fraction of sp³-hybridized carbons (Fsp3) is 1.00. The Bertz CT molecular complexity index is 292. The lowest BCUT2D eigenvalue weighted by molar-refractivity contribution is 0.0502. The van der Waals surface area contributed by atoms with Crippen LogP contribution in [0, 0.1) is 0 Å². The van der Waals surface area contributed by atoms with Crippen molar-refractivity contribution < 1.29 is 9.16 Å². The summed E-state index contributed by atoms with van der Waals surface area (Å²) in [6.45, 7) is 5.53. The fourth-order valence-electron chi connectivity index (χ4n) is 4.10. The van der Waals surface area contributed by atoms with Gasteiger partial charge in [0.25, 0.3) is 0 Å². The van der Waals surface area contributed by atoms with Crippen LogP contribution in [0.3, 0.4) is 0 Å². The molecule has 2 atom stereocenters. The Morgan fingerprint density at radius 3 is 1.78 bits per heavy atom. The van der Waals surface area contributed by atoms with E-state index in [2.05, 4.69) is 13.8 Å². The van der Waals surface area contributed by atoms with E-state index in [1.807, 2.05) is 0 Å². The first-order chi connectivity index (χ1) is 13.3. The van der Waals surface area contributed by atoms with Crippen molar-refractivity contribution in [2.75, 3.05) is 6.61 Å². The first-order valence-corrected chi connectivity index (χ1v) is 14.0. The van der Waals surface area contributed by atoms with Gasteiger partial charge in [-0.05, 0) is 32.6 Å². The van der Waals surface area contributed by atoms with E-state index in [-0.39, 0.29) is 0 Å². The Balaban J connectivity index is 1.72. The molecule has 0 N–H and O–H groups in total. The van der Waals surface area contributed by atoms with Crippen molar-refractivity contribution in [3.63, 3.8) is 0 Å². The van der Waals surface area contributed by atoms with Gasteiger partial charge in [-0.3, -0.25) is 0 Å². The van der Waals surface area contributed by atoms with Crippen LogP contribution in [0.25, 0.3) is 0 Å². The number of hydrogen-bond acceptors (Lipinski definition) is 2. The highest BCUT2D eigenvalue weighted by Gasteiger charge is 2.16. The Labute approximate surface area is 173 Å². The Morgan fingerprint density at radius 2 is 1.30 bits per heavy atom. The summed E-state index contributed by atoms with van der Waals surface area (Å²) in [6, 6.07) is 0. The molecule has 0 saturated carbocycles. The maximum absolute atomic E-state index is 6.11. The molecule has 0 spiro atoms. The van der Waals surface area contributed by atoms with Gasteiger partial charge >= 0.3 is 0 Å². The Morgan fingerprint density at radius 1 is 0.778 bits per heavy atom. The minimum atomic E-state index is -0.470. The molecule has 1 fully saturated rings. The normalized spacial score (nSPS) is 19.1. The summed E-state index contributed by atoms with van der Waals surface area (Å²) in [7, 11) is -0.470. The summed E-state index contributed by atoms with van der Waals surface area (Å²) < 4.78 is 11.9. The zero-order valence-electron chi connectivity index (χ0n) is 18.8. The van der Waals surface area contributed by atoms with Gasteiger partial charge in [-0.15, -0.1) is 0 Å². The van der Waals surface area contributed by atoms with Gasteiger partial charge in [-0.2, -0.15) is 0 Å². The maximum atomic E-state index is 6.11. The van der Waals surface area contributed by atoms with E-state index in [1.165, 1.54) is 122 Å². The molecular weight excluding hydrogens is 348 g/mol. The van der Waals surface area contributed by atoms with Crippen LogP contribution in [0.1, 0.15) is 136 Å². The van der Waals surface area contributed by atoms with E-state index in [0.717, 1.165) is 6.61 Å². The van der Waals surface area contributed by atoms with Crippen LogP contribution in [-0.4, -0.2) is 28.2 Å². The third-order valence-electron chi connectivity index (χ3n) is 6.05. The second kappa shape index (κ2) is 19.5. The third kappa shape index (κ3) is 16.8. The van der Waals surface area contributed by atoms with Crippen LogP contribution in [0.15, 0.2) is 0 Å². The molecule has 1 heterocycles. The first kappa shape index (κ1) is 25.2. The van der Waals surface area contributed by atoms with Crippen LogP contribution < -0.4 is 0 Å². The monoisotopic (exact) mass is 398 g/mol. The van der Waals surface area contributed by atoms with Crippen molar-refractivity contribution in [3.8, 4) is 0 Å². The molecule has 0 bridgehead atoms. The van der Waals surface area contributed by atoms with Gasteiger partial charge in [0.15, 0.2) is 9.76 Å². The first-order valence-electron chi connectivity index (χ1n) is 12.6. The van der Waals surface area contributed by atoms with Crippen molar-refractivity contribution in [2.45, 2.75) is 148 Å². The van der Waals surface area contributed by atoms with Crippen LogP contribution in [0.5, 0.6) is 0 Å². The molecule has 0 aromatic heterocycles. The molecule has 1 saturated heterocycles. The maximum Gasteiger partial charge on any atom is 0.190 e. The summed E-state index contributed by atoms with van der Waals surface area (Å²) in [6.07, 6.45) is 27.1. The number of rotatable bonds is 19. The highest BCUT2D eigenvalue weighted by Crippen LogP contribution is 2.15. The average molecular weight is 399 g/mol. The minimum Gasteiger partial charge on any atom is -0.419 e. The number of hydrogen-bond donors (Lipinski definition) is 0. The fourth-order valence-corrected chi connectivity index (χ4v) is 5.52. The van der Waals surface area contributed by atoms with E-state index < -0.39 is 9.76 Å². The number of unbranched alkanes of at least 4 members (excludes halogenated alkanes) is 14. The van der Waals surface area contributed by atoms with Crippen LogP contribution in [0.4, 0.5) is 0 Å². The van der Waals surface area contributed by atoms with Gasteiger partial charge in [0.2, 0.25) is 0 Å².